The second-order valence-electron chi connectivity index (χ2n) is 9.25. The van der Waals surface area contributed by atoms with Crippen molar-refractivity contribution in [3.8, 4) is 0 Å². The topological polar surface area (TPSA) is 18.5 Å². The predicted octanol–water partition coefficient (Wildman–Crippen LogP) is 7.00. The van der Waals surface area contributed by atoms with Crippen LogP contribution in [0.1, 0.15) is 53.4 Å². The lowest BCUT2D eigenvalue weighted by atomic mass is 10.0. The van der Waals surface area contributed by atoms with E-state index in [9.17, 15) is 0 Å². The molecule has 0 spiro atoms. The average molecular weight is 377 g/mol. The Labute approximate surface area is 150 Å². The molecule has 0 saturated carbocycles. The first-order valence-corrected chi connectivity index (χ1v) is 18.8. The molecule has 0 rings (SSSR count). The van der Waals surface area contributed by atoms with Crippen LogP contribution in [0.5, 0.6) is 0 Å². The van der Waals surface area contributed by atoms with Crippen molar-refractivity contribution in [3.05, 3.63) is 0 Å². The Morgan fingerprint density at radius 1 is 0.739 bits per heavy atom. The highest BCUT2D eigenvalue weighted by atomic mass is 28.5. The maximum atomic E-state index is 6.68. The Balaban J connectivity index is 4.51. The van der Waals surface area contributed by atoms with Gasteiger partial charge in [-0.25, -0.2) is 0 Å². The van der Waals surface area contributed by atoms with Gasteiger partial charge >= 0.3 is 8.56 Å². The quantitative estimate of drug-likeness (QED) is 0.341. The highest BCUT2D eigenvalue weighted by molar-refractivity contribution is 6.87. The van der Waals surface area contributed by atoms with Crippen LogP contribution in [0.25, 0.3) is 0 Å². The van der Waals surface area contributed by atoms with Crippen LogP contribution in [-0.4, -0.2) is 25.2 Å². The van der Waals surface area contributed by atoms with Gasteiger partial charge in [-0.3, -0.25) is 0 Å². The van der Waals surface area contributed by atoms with Crippen LogP contribution in [0, 0.1) is 11.8 Å². The molecule has 2 atom stereocenters. The zero-order valence-electron chi connectivity index (χ0n) is 17.7. The number of hydrogen-bond acceptors (Lipinski definition) is 2. The van der Waals surface area contributed by atoms with E-state index in [2.05, 4.69) is 67.0 Å². The molecule has 0 aromatic carbocycles. The number of rotatable bonds is 12. The molecule has 0 aliphatic carbocycles. The fourth-order valence-corrected chi connectivity index (χ4v) is 18.5. The molecular weight excluding hydrogens is 332 g/mol. The number of hydrogen-bond donors (Lipinski definition) is 0. The molecule has 0 aliphatic heterocycles. The van der Waals surface area contributed by atoms with Crippen LogP contribution in [-0.2, 0) is 8.23 Å². The van der Waals surface area contributed by atoms with Crippen LogP contribution in [0.3, 0.4) is 0 Å². The summed E-state index contributed by atoms with van der Waals surface area (Å²) in [7, 11) is -5.24. The molecule has 0 amide bonds. The molecule has 140 valence electrons. The third-order valence-electron chi connectivity index (χ3n) is 4.75. The van der Waals surface area contributed by atoms with Crippen molar-refractivity contribution in [3.63, 3.8) is 0 Å². The molecule has 0 aromatic rings. The molecule has 0 heterocycles. The molecule has 0 aromatic heterocycles. The summed E-state index contributed by atoms with van der Waals surface area (Å²) in [5, 5.41) is 0. The zero-order valence-corrected chi connectivity index (χ0v) is 20.7. The van der Waals surface area contributed by atoms with Gasteiger partial charge in [0.05, 0.1) is 0 Å². The van der Waals surface area contributed by atoms with Crippen molar-refractivity contribution in [1.29, 1.82) is 0 Å². The molecule has 0 bridgehead atoms. The van der Waals surface area contributed by atoms with Gasteiger partial charge in [-0.15, -0.1) is 0 Å². The van der Waals surface area contributed by atoms with Gasteiger partial charge in [0.25, 0.3) is 0 Å². The Bertz CT molecular complexity index is 330. The summed E-state index contributed by atoms with van der Waals surface area (Å²) >= 11 is 0. The van der Waals surface area contributed by atoms with Gasteiger partial charge in [0.15, 0.2) is 16.6 Å². The third-order valence-corrected chi connectivity index (χ3v) is 16.3. The Morgan fingerprint density at radius 2 is 1.22 bits per heavy atom. The van der Waals surface area contributed by atoms with E-state index >= 15 is 0 Å². The lowest BCUT2D eigenvalue weighted by molar-refractivity contribution is 0.380. The Morgan fingerprint density at radius 3 is 1.70 bits per heavy atom. The first kappa shape index (κ1) is 23.6. The maximum absolute atomic E-state index is 6.68. The standard InChI is InChI=1S/C18H44O2Si3/c1-11-17(3)14-13-15-21(5,6)19-23(9,10)20-22(7,8)16-18(4)12-2/h17-18H,11-16H2,1-10H3/t17?,18-/m1/s1. The lowest BCUT2D eigenvalue weighted by Crippen LogP contribution is -2.52. The minimum atomic E-state index is -2.02. The lowest BCUT2D eigenvalue weighted by Gasteiger charge is -2.39. The second-order valence-corrected chi connectivity index (χ2v) is 21.6. The van der Waals surface area contributed by atoms with Crippen molar-refractivity contribution in [1.82, 2.24) is 0 Å². The first-order valence-electron chi connectivity index (χ1n) is 9.73. The fraction of sp³-hybridized carbons (Fsp3) is 1.00. The summed E-state index contributed by atoms with van der Waals surface area (Å²) in [6, 6.07) is 2.52. The molecule has 0 fully saturated rings. The molecule has 0 N–H and O–H groups in total. The van der Waals surface area contributed by atoms with E-state index in [0.717, 1.165) is 11.8 Å². The molecule has 2 nitrogen and oxygen atoms in total. The maximum Gasteiger partial charge on any atom is 0.311 e. The molecule has 0 aliphatic rings. The van der Waals surface area contributed by atoms with Crippen LogP contribution in [0.15, 0.2) is 0 Å². The SMILES string of the molecule is CCC(C)CCC[Si](C)(C)O[Si](C)(C)O[Si](C)(C)C[C@H](C)CC. The van der Waals surface area contributed by atoms with Gasteiger partial charge in [0, 0.05) is 0 Å². The van der Waals surface area contributed by atoms with E-state index < -0.39 is 25.2 Å². The molecule has 1 unspecified atom stereocenters. The van der Waals surface area contributed by atoms with Crippen molar-refractivity contribution in [2.45, 2.75) is 105 Å². The van der Waals surface area contributed by atoms with Gasteiger partial charge in [-0.05, 0) is 63.2 Å². The van der Waals surface area contributed by atoms with Crippen LogP contribution in [0.4, 0.5) is 0 Å². The highest BCUT2D eigenvalue weighted by Gasteiger charge is 2.39. The van der Waals surface area contributed by atoms with E-state index in [0.29, 0.717) is 0 Å². The van der Waals surface area contributed by atoms with Crippen molar-refractivity contribution >= 4 is 25.2 Å². The van der Waals surface area contributed by atoms with E-state index in [1.54, 1.807) is 0 Å². The van der Waals surface area contributed by atoms with Gasteiger partial charge in [-0.2, -0.15) is 0 Å². The van der Waals surface area contributed by atoms with Gasteiger partial charge in [-0.1, -0.05) is 53.4 Å². The Hall–Kier alpha value is 0.571. The average Bonchev–Trinajstić information content (AvgIpc) is 2.34. The van der Waals surface area contributed by atoms with Crippen molar-refractivity contribution in [2.24, 2.45) is 11.8 Å². The molecule has 0 radical (unpaired) electrons. The first-order chi connectivity index (χ1) is 10.3. The summed E-state index contributed by atoms with van der Waals surface area (Å²) in [5.41, 5.74) is 0. The molecule has 5 heteroatoms. The molecular formula is C18H44O2Si3. The summed E-state index contributed by atoms with van der Waals surface area (Å²) in [6.45, 7) is 23.3. The van der Waals surface area contributed by atoms with Crippen LogP contribution < -0.4 is 0 Å². The largest absolute Gasteiger partial charge is 0.437 e. The highest BCUT2D eigenvalue weighted by Crippen LogP contribution is 2.28. The van der Waals surface area contributed by atoms with E-state index in [4.69, 9.17) is 8.23 Å². The molecule has 23 heavy (non-hydrogen) atoms. The van der Waals surface area contributed by atoms with Crippen molar-refractivity contribution < 1.29 is 8.23 Å². The minimum Gasteiger partial charge on any atom is -0.437 e. The van der Waals surface area contributed by atoms with Crippen molar-refractivity contribution in [2.75, 3.05) is 0 Å². The third kappa shape index (κ3) is 11.7. The van der Waals surface area contributed by atoms with Crippen LogP contribution in [0.2, 0.25) is 51.4 Å². The summed E-state index contributed by atoms with van der Waals surface area (Å²) < 4.78 is 13.4. The van der Waals surface area contributed by atoms with E-state index in [1.165, 1.54) is 37.8 Å². The summed E-state index contributed by atoms with van der Waals surface area (Å²) in [6.07, 6.45) is 5.19. The summed E-state index contributed by atoms with van der Waals surface area (Å²) in [5.74, 6) is 1.62. The van der Waals surface area contributed by atoms with Gasteiger partial charge < -0.3 is 8.23 Å². The van der Waals surface area contributed by atoms with E-state index in [1.807, 2.05) is 0 Å². The molecule has 0 saturated heterocycles. The smallest absolute Gasteiger partial charge is 0.311 e. The summed E-state index contributed by atoms with van der Waals surface area (Å²) in [4.78, 5) is 0. The van der Waals surface area contributed by atoms with Gasteiger partial charge in [0.2, 0.25) is 0 Å². The fourth-order valence-electron chi connectivity index (χ4n) is 3.51. The van der Waals surface area contributed by atoms with Gasteiger partial charge in [0.1, 0.15) is 0 Å². The second kappa shape index (κ2) is 9.90. The monoisotopic (exact) mass is 376 g/mol. The zero-order chi connectivity index (χ0) is 18.3. The minimum absolute atomic E-state index is 0.766. The predicted molar refractivity (Wildman–Crippen MR) is 112 cm³/mol. The van der Waals surface area contributed by atoms with E-state index in [-0.39, 0.29) is 0 Å². The normalized spacial score (nSPS) is 16.4. The van der Waals surface area contributed by atoms with Crippen LogP contribution >= 0.6 is 0 Å². The Kier molecular flexibility index (Phi) is 10.1.